The van der Waals surface area contributed by atoms with Crippen molar-refractivity contribution in [2.75, 3.05) is 6.61 Å². The maximum Gasteiger partial charge on any atom is 0.338 e. The molecule has 1 aliphatic heterocycles. The van der Waals surface area contributed by atoms with Crippen LogP contribution >= 0.6 is 11.3 Å². The quantitative estimate of drug-likeness (QED) is 0.664. The molecule has 2 heterocycles. The van der Waals surface area contributed by atoms with Gasteiger partial charge in [-0.2, -0.15) is 0 Å². The fourth-order valence-electron chi connectivity index (χ4n) is 2.74. The molecule has 0 bridgehead atoms. The lowest BCUT2D eigenvalue weighted by molar-refractivity contribution is -0.138. The highest BCUT2D eigenvalue weighted by molar-refractivity contribution is 7.11. The third-order valence-corrected chi connectivity index (χ3v) is 4.64. The van der Waals surface area contributed by atoms with Gasteiger partial charge in [0.15, 0.2) is 10.8 Å². The topological polar surface area (TPSA) is 63.6 Å². The van der Waals surface area contributed by atoms with Crippen molar-refractivity contribution < 1.29 is 13.9 Å². The van der Waals surface area contributed by atoms with Crippen molar-refractivity contribution in [2.24, 2.45) is 4.99 Å². The summed E-state index contributed by atoms with van der Waals surface area (Å²) in [6.45, 7) is 3.69. The Balaban J connectivity index is 2.18. The van der Waals surface area contributed by atoms with E-state index in [4.69, 9.17) is 11.2 Å². The summed E-state index contributed by atoms with van der Waals surface area (Å²) in [5.74, 6) is 1.82. The van der Waals surface area contributed by atoms with Crippen molar-refractivity contribution in [3.05, 3.63) is 63.0 Å². The fourth-order valence-corrected chi connectivity index (χ4v) is 3.33. The number of amidine groups is 1. The lowest BCUT2D eigenvalue weighted by atomic mass is 9.92. The number of hydrogen-bond donors (Lipinski definition) is 1. The van der Waals surface area contributed by atoms with Gasteiger partial charge in [0.2, 0.25) is 0 Å². The number of aliphatic imine (C=N–C) groups is 1. The zero-order valence-electron chi connectivity index (χ0n) is 14.2. The maximum atomic E-state index is 14.2. The average Bonchev–Trinajstić information content (AvgIpc) is 3.15. The first-order chi connectivity index (χ1) is 12.6. The summed E-state index contributed by atoms with van der Waals surface area (Å²) >= 11 is 1.40. The molecule has 5 nitrogen and oxygen atoms in total. The van der Waals surface area contributed by atoms with Gasteiger partial charge in [-0.05, 0) is 25.5 Å². The lowest BCUT2D eigenvalue weighted by Gasteiger charge is -2.26. The molecule has 1 N–H and O–H groups in total. The summed E-state index contributed by atoms with van der Waals surface area (Å²) < 4.78 is 19.4. The zero-order chi connectivity index (χ0) is 18.7. The second kappa shape index (κ2) is 7.50. The van der Waals surface area contributed by atoms with Crippen LogP contribution in [0.1, 0.15) is 36.0 Å². The molecule has 1 aliphatic rings. The molecule has 3 rings (SSSR count). The summed E-state index contributed by atoms with van der Waals surface area (Å²) in [5, 5.41) is 5.58. The Kier molecular flexibility index (Phi) is 5.14. The summed E-state index contributed by atoms with van der Waals surface area (Å²) in [5.41, 5.74) is 1.39. The molecule has 7 heteroatoms. The highest BCUT2D eigenvalue weighted by Crippen LogP contribution is 2.34. The standard InChI is InChI=1S/C19H16FN3O2S/c1-4-12-13(7-6-8-14(12)20)16-15(19(24)25-5-2)11(3)22-17(23-16)18-21-9-10-26-18/h1,6-10,16H,5H2,2-3H3,(H,22,23)/t16-/m0/s1. The monoisotopic (exact) mass is 369 g/mol. The molecule has 0 saturated heterocycles. The largest absolute Gasteiger partial charge is 0.463 e. The molecule has 2 aromatic rings. The van der Waals surface area contributed by atoms with Crippen LogP contribution in [-0.4, -0.2) is 23.4 Å². The Bertz CT molecular complexity index is 942. The molecule has 26 heavy (non-hydrogen) atoms. The van der Waals surface area contributed by atoms with Gasteiger partial charge >= 0.3 is 5.97 Å². The minimum atomic E-state index is -0.782. The average molecular weight is 369 g/mol. The van der Waals surface area contributed by atoms with Crippen LogP contribution < -0.4 is 5.32 Å². The van der Waals surface area contributed by atoms with Crippen molar-refractivity contribution >= 4 is 23.1 Å². The van der Waals surface area contributed by atoms with E-state index in [1.54, 1.807) is 32.2 Å². The van der Waals surface area contributed by atoms with Gasteiger partial charge in [-0.25, -0.2) is 14.2 Å². The summed E-state index contributed by atoms with van der Waals surface area (Å²) in [6.07, 6.45) is 7.17. The number of benzene rings is 1. The van der Waals surface area contributed by atoms with Gasteiger partial charge < -0.3 is 10.1 Å². The molecule has 1 atom stereocenters. The smallest absolute Gasteiger partial charge is 0.338 e. The number of halogens is 1. The van der Waals surface area contributed by atoms with E-state index in [2.05, 4.69) is 21.2 Å². The summed E-state index contributed by atoms with van der Waals surface area (Å²) in [7, 11) is 0. The lowest BCUT2D eigenvalue weighted by Crippen LogP contribution is -2.33. The first-order valence-electron chi connectivity index (χ1n) is 7.94. The second-order valence-electron chi connectivity index (χ2n) is 5.45. The van der Waals surface area contributed by atoms with Gasteiger partial charge in [0.1, 0.15) is 11.9 Å². The number of rotatable bonds is 4. The molecular formula is C19H16FN3O2S. The molecule has 0 saturated carbocycles. The minimum absolute atomic E-state index is 0.0798. The van der Waals surface area contributed by atoms with Gasteiger partial charge in [-0.3, -0.25) is 4.99 Å². The molecule has 0 radical (unpaired) electrons. The molecule has 132 valence electrons. The van der Waals surface area contributed by atoms with Crippen LogP contribution in [0.2, 0.25) is 0 Å². The number of carbonyl (C=O) groups excluding carboxylic acids is 1. The number of ether oxygens (including phenoxy) is 1. The predicted molar refractivity (Wildman–Crippen MR) is 98.2 cm³/mol. The Morgan fingerprint density at radius 2 is 2.31 bits per heavy atom. The number of thiazole rings is 1. The first-order valence-corrected chi connectivity index (χ1v) is 8.82. The van der Waals surface area contributed by atoms with Crippen LogP contribution in [0.5, 0.6) is 0 Å². The van der Waals surface area contributed by atoms with E-state index in [0.717, 1.165) is 0 Å². The Hall–Kier alpha value is -2.98. The van der Waals surface area contributed by atoms with Crippen molar-refractivity contribution in [3.63, 3.8) is 0 Å². The Morgan fingerprint density at radius 1 is 1.50 bits per heavy atom. The SMILES string of the molecule is C#Cc1c(F)cccc1[C@@H]1N=C(c2nccs2)NC(C)=C1C(=O)OCC. The summed E-state index contributed by atoms with van der Waals surface area (Å²) in [4.78, 5) is 21.4. The second-order valence-corrected chi connectivity index (χ2v) is 6.34. The molecule has 0 aliphatic carbocycles. The van der Waals surface area contributed by atoms with Gasteiger partial charge in [0, 0.05) is 17.3 Å². The van der Waals surface area contributed by atoms with Crippen molar-refractivity contribution in [3.8, 4) is 12.3 Å². The number of carbonyl (C=O) groups is 1. The van der Waals surface area contributed by atoms with E-state index >= 15 is 0 Å². The number of nitrogens with one attached hydrogen (secondary N) is 1. The van der Waals surface area contributed by atoms with E-state index in [1.807, 2.05) is 5.38 Å². The van der Waals surface area contributed by atoms with Crippen LogP contribution in [0.3, 0.4) is 0 Å². The van der Waals surface area contributed by atoms with E-state index in [-0.39, 0.29) is 12.2 Å². The number of nitrogens with zero attached hydrogens (tertiary/aromatic N) is 2. The van der Waals surface area contributed by atoms with Gasteiger partial charge in [0.05, 0.1) is 17.7 Å². The highest BCUT2D eigenvalue weighted by atomic mass is 32.1. The number of aromatic nitrogens is 1. The van der Waals surface area contributed by atoms with E-state index < -0.39 is 17.8 Å². The van der Waals surface area contributed by atoms with Crippen molar-refractivity contribution in [2.45, 2.75) is 19.9 Å². The van der Waals surface area contributed by atoms with Crippen LogP contribution in [-0.2, 0) is 9.53 Å². The van der Waals surface area contributed by atoms with E-state index in [1.165, 1.54) is 17.4 Å². The van der Waals surface area contributed by atoms with Crippen molar-refractivity contribution in [1.29, 1.82) is 0 Å². The Labute approximate surface area is 154 Å². The van der Waals surface area contributed by atoms with Crippen LogP contribution in [0.25, 0.3) is 0 Å². The third-order valence-electron chi connectivity index (χ3n) is 3.86. The minimum Gasteiger partial charge on any atom is -0.463 e. The van der Waals surface area contributed by atoms with Gasteiger partial charge in [0.25, 0.3) is 0 Å². The molecule has 0 amide bonds. The highest BCUT2D eigenvalue weighted by Gasteiger charge is 2.32. The van der Waals surface area contributed by atoms with Gasteiger partial charge in [-0.1, -0.05) is 18.1 Å². The first kappa shape index (κ1) is 17.8. The van der Waals surface area contributed by atoms with E-state index in [0.29, 0.717) is 27.7 Å². The third kappa shape index (κ3) is 3.24. The zero-order valence-corrected chi connectivity index (χ0v) is 15.1. The number of hydrogen-bond acceptors (Lipinski definition) is 6. The van der Waals surface area contributed by atoms with Crippen LogP contribution in [0.4, 0.5) is 4.39 Å². The predicted octanol–water partition coefficient (Wildman–Crippen LogP) is 3.19. The molecular weight excluding hydrogens is 353 g/mol. The van der Waals surface area contributed by atoms with Gasteiger partial charge in [-0.15, -0.1) is 17.8 Å². The normalized spacial score (nSPS) is 16.5. The molecule has 1 aromatic carbocycles. The van der Waals surface area contributed by atoms with Crippen molar-refractivity contribution in [1.82, 2.24) is 10.3 Å². The molecule has 0 fully saturated rings. The fraction of sp³-hybridized carbons (Fsp3) is 0.211. The molecule has 1 aromatic heterocycles. The maximum absolute atomic E-state index is 14.2. The van der Waals surface area contributed by atoms with Crippen LogP contribution in [0, 0.1) is 18.2 Å². The molecule has 0 unspecified atom stereocenters. The Morgan fingerprint density at radius 3 is 2.96 bits per heavy atom. The number of terminal acetylenes is 1. The number of esters is 1. The van der Waals surface area contributed by atoms with Crippen LogP contribution in [0.15, 0.2) is 46.0 Å². The summed E-state index contributed by atoms with van der Waals surface area (Å²) in [6, 6.07) is 3.72. The number of allylic oxidation sites excluding steroid dienone is 1. The van der Waals surface area contributed by atoms with E-state index in [9.17, 15) is 9.18 Å². The molecule has 0 spiro atoms.